The molecule has 0 saturated heterocycles. The van der Waals surface area contributed by atoms with E-state index in [1.54, 1.807) is 0 Å². The number of H-pyrrole nitrogens is 1. The van der Waals surface area contributed by atoms with Crippen molar-refractivity contribution in [3.05, 3.63) is 16.4 Å². The van der Waals surface area contributed by atoms with E-state index in [1.807, 2.05) is 13.0 Å². The summed E-state index contributed by atoms with van der Waals surface area (Å²) in [6.45, 7) is 1.96. The average Bonchev–Trinajstić information content (AvgIpc) is 2.35. The molecule has 10 heavy (non-hydrogen) atoms. The van der Waals surface area contributed by atoms with Crippen molar-refractivity contribution >= 4 is 27.0 Å². The highest BCUT2D eigenvalue weighted by Gasteiger charge is 2.05. The van der Waals surface area contributed by atoms with Gasteiger partial charge in [0.05, 0.1) is 5.39 Å². The smallest absolute Gasteiger partial charge is 0.246 e. The van der Waals surface area contributed by atoms with Crippen LogP contribution in [-0.4, -0.2) is 10.2 Å². The number of furan rings is 1. The van der Waals surface area contributed by atoms with Gasteiger partial charge in [0.2, 0.25) is 5.71 Å². The minimum atomic E-state index is 0.657. The Kier molecular flexibility index (Phi) is 1.11. The van der Waals surface area contributed by atoms with E-state index in [-0.39, 0.29) is 0 Å². The molecule has 2 heterocycles. The Balaban J connectivity index is 2.90. The normalized spacial score (nSPS) is 11.0. The third-order valence-corrected chi connectivity index (χ3v) is 1.80. The lowest BCUT2D eigenvalue weighted by Gasteiger charge is -1.75. The Morgan fingerprint density at radius 3 is 3.20 bits per heavy atom. The summed E-state index contributed by atoms with van der Waals surface area (Å²) in [5.41, 5.74) is 1.69. The summed E-state index contributed by atoms with van der Waals surface area (Å²) >= 11 is 3.22. The molecule has 0 radical (unpaired) electrons. The molecule has 0 spiro atoms. The van der Waals surface area contributed by atoms with Gasteiger partial charge in [0, 0.05) is 11.8 Å². The van der Waals surface area contributed by atoms with Gasteiger partial charge < -0.3 is 4.42 Å². The van der Waals surface area contributed by atoms with E-state index in [9.17, 15) is 0 Å². The van der Waals surface area contributed by atoms with Gasteiger partial charge in [-0.25, -0.2) is 0 Å². The first kappa shape index (κ1) is 5.97. The van der Waals surface area contributed by atoms with Crippen LogP contribution >= 0.6 is 15.9 Å². The molecule has 52 valence electrons. The molecule has 2 aromatic heterocycles. The Bertz CT molecular complexity index is 363. The minimum absolute atomic E-state index is 0.657. The van der Waals surface area contributed by atoms with Crippen LogP contribution in [0.1, 0.15) is 5.69 Å². The highest BCUT2D eigenvalue weighted by molar-refractivity contribution is 9.10. The fourth-order valence-electron chi connectivity index (χ4n) is 0.899. The van der Waals surface area contributed by atoms with E-state index in [0.29, 0.717) is 5.71 Å². The molecule has 1 N–H and O–H groups in total. The van der Waals surface area contributed by atoms with Gasteiger partial charge in [-0.05, 0) is 22.9 Å². The minimum Gasteiger partial charge on any atom is -0.429 e. The topological polar surface area (TPSA) is 41.8 Å². The van der Waals surface area contributed by atoms with E-state index in [1.165, 1.54) is 0 Å². The van der Waals surface area contributed by atoms with Crippen LogP contribution < -0.4 is 0 Å². The number of nitrogens with zero attached hydrogens (tertiary/aromatic N) is 1. The second-order valence-electron chi connectivity index (χ2n) is 2.12. The molecule has 0 atom stereocenters. The number of hydrogen-bond acceptors (Lipinski definition) is 2. The molecule has 2 rings (SSSR count). The van der Waals surface area contributed by atoms with Gasteiger partial charge in [-0.15, -0.1) is 5.10 Å². The molecular weight excluding hydrogens is 196 g/mol. The predicted molar refractivity (Wildman–Crippen MR) is 40.8 cm³/mol. The molecule has 0 amide bonds. The summed E-state index contributed by atoms with van der Waals surface area (Å²) < 4.78 is 5.89. The van der Waals surface area contributed by atoms with Crippen molar-refractivity contribution < 1.29 is 4.42 Å². The highest BCUT2D eigenvalue weighted by atomic mass is 79.9. The quantitative estimate of drug-likeness (QED) is 0.709. The zero-order valence-electron chi connectivity index (χ0n) is 5.31. The zero-order valence-corrected chi connectivity index (χ0v) is 6.90. The standard InChI is InChI=1S/C6H5BrN2O/c1-3-4-2-5(7)10-6(4)9-8-3/h2H,1H3,(H,8,9). The summed E-state index contributed by atoms with van der Waals surface area (Å²) in [6.07, 6.45) is 0. The molecule has 0 aromatic carbocycles. The van der Waals surface area contributed by atoms with Gasteiger partial charge in [0.15, 0.2) is 4.67 Å². The number of hydrogen-bond donors (Lipinski definition) is 1. The maximum Gasteiger partial charge on any atom is 0.246 e. The van der Waals surface area contributed by atoms with E-state index in [2.05, 4.69) is 26.1 Å². The molecule has 0 fully saturated rings. The van der Waals surface area contributed by atoms with Crippen molar-refractivity contribution in [1.82, 2.24) is 10.2 Å². The number of aromatic nitrogens is 2. The van der Waals surface area contributed by atoms with Crippen LogP contribution in [-0.2, 0) is 0 Å². The molecule has 0 saturated carbocycles. The second kappa shape index (κ2) is 1.85. The third kappa shape index (κ3) is 0.686. The largest absolute Gasteiger partial charge is 0.429 e. The maximum absolute atomic E-state index is 5.16. The van der Waals surface area contributed by atoms with E-state index >= 15 is 0 Å². The summed E-state index contributed by atoms with van der Waals surface area (Å²) in [5.74, 6) is 0. The number of halogens is 1. The lowest BCUT2D eigenvalue weighted by atomic mass is 10.3. The van der Waals surface area contributed by atoms with Gasteiger partial charge in [0.1, 0.15) is 0 Å². The van der Waals surface area contributed by atoms with Crippen molar-refractivity contribution in [3.63, 3.8) is 0 Å². The predicted octanol–water partition coefficient (Wildman–Crippen LogP) is 2.23. The average molecular weight is 201 g/mol. The van der Waals surface area contributed by atoms with Crippen molar-refractivity contribution in [3.8, 4) is 0 Å². The van der Waals surface area contributed by atoms with Gasteiger partial charge in [-0.1, -0.05) is 0 Å². The Morgan fingerprint density at radius 2 is 2.50 bits per heavy atom. The first-order valence-corrected chi connectivity index (χ1v) is 3.66. The molecule has 0 unspecified atom stereocenters. The van der Waals surface area contributed by atoms with E-state index in [0.717, 1.165) is 15.7 Å². The number of aryl methyl sites for hydroxylation is 1. The maximum atomic E-state index is 5.16. The molecule has 0 bridgehead atoms. The number of aromatic amines is 1. The highest BCUT2D eigenvalue weighted by Crippen LogP contribution is 2.23. The van der Waals surface area contributed by atoms with Gasteiger partial charge in [-0.2, -0.15) is 0 Å². The van der Waals surface area contributed by atoms with Gasteiger partial charge in [0.25, 0.3) is 0 Å². The van der Waals surface area contributed by atoms with Crippen LogP contribution in [0.25, 0.3) is 11.1 Å². The molecule has 3 nitrogen and oxygen atoms in total. The fraction of sp³-hybridized carbons (Fsp3) is 0.167. The lowest BCUT2D eigenvalue weighted by molar-refractivity contribution is 0.572. The van der Waals surface area contributed by atoms with Crippen molar-refractivity contribution in [2.45, 2.75) is 6.92 Å². The number of fused-ring (bicyclic) bond motifs is 1. The van der Waals surface area contributed by atoms with Crippen molar-refractivity contribution in [1.29, 1.82) is 0 Å². The molecule has 0 aliphatic carbocycles. The SMILES string of the molecule is Cc1[nH]nc2oc(Br)cc12. The van der Waals surface area contributed by atoms with Crippen LogP contribution in [0, 0.1) is 6.92 Å². The molecule has 0 aliphatic heterocycles. The van der Waals surface area contributed by atoms with Crippen LogP contribution in [0.3, 0.4) is 0 Å². The fourth-order valence-corrected chi connectivity index (χ4v) is 1.28. The lowest BCUT2D eigenvalue weighted by Crippen LogP contribution is -1.68. The molecule has 4 heteroatoms. The van der Waals surface area contributed by atoms with Gasteiger partial charge >= 0.3 is 0 Å². The first-order chi connectivity index (χ1) is 4.77. The Hall–Kier alpha value is -0.770. The summed E-state index contributed by atoms with van der Waals surface area (Å²) in [4.78, 5) is 0. The van der Waals surface area contributed by atoms with Gasteiger partial charge in [-0.3, -0.25) is 5.10 Å². The first-order valence-electron chi connectivity index (χ1n) is 2.87. The molecular formula is C6H5BrN2O. The van der Waals surface area contributed by atoms with Crippen molar-refractivity contribution in [2.75, 3.05) is 0 Å². The van der Waals surface area contributed by atoms with Crippen LogP contribution in [0.15, 0.2) is 15.2 Å². The van der Waals surface area contributed by atoms with Crippen LogP contribution in [0.2, 0.25) is 0 Å². The Labute approximate surface area is 65.5 Å². The van der Waals surface area contributed by atoms with E-state index < -0.39 is 0 Å². The zero-order chi connectivity index (χ0) is 7.14. The number of nitrogens with one attached hydrogen (secondary N) is 1. The summed E-state index contributed by atoms with van der Waals surface area (Å²) in [5, 5.41) is 7.77. The summed E-state index contributed by atoms with van der Waals surface area (Å²) in [7, 11) is 0. The van der Waals surface area contributed by atoms with Crippen molar-refractivity contribution in [2.24, 2.45) is 0 Å². The molecule has 0 aliphatic rings. The number of rotatable bonds is 0. The van der Waals surface area contributed by atoms with E-state index in [4.69, 9.17) is 4.42 Å². The van der Waals surface area contributed by atoms with Crippen LogP contribution in [0.5, 0.6) is 0 Å². The second-order valence-corrected chi connectivity index (χ2v) is 2.90. The monoisotopic (exact) mass is 200 g/mol. The third-order valence-electron chi connectivity index (χ3n) is 1.41. The molecule has 2 aromatic rings. The summed E-state index contributed by atoms with van der Waals surface area (Å²) in [6, 6.07) is 1.90. The Morgan fingerprint density at radius 1 is 1.70 bits per heavy atom. The van der Waals surface area contributed by atoms with Crippen LogP contribution in [0.4, 0.5) is 0 Å².